The van der Waals surface area contributed by atoms with Crippen LogP contribution in [0.1, 0.15) is 52.9 Å². The van der Waals surface area contributed by atoms with Crippen LogP contribution in [0.3, 0.4) is 0 Å². The number of carbonyl (C=O) groups is 1. The highest BCUT2D eigenvalue weighted by molar-refractivity contribution is 6.30. The maximum absolute atomic E-state index is 12.0. The number of hydrogen-bond donors (Lipinski definition) is 1. The van der Waals surface area contributed by atoms with Gasteiger partial charge < -0.3 is 28.5 Å². The number of aromatic nitrogens is 5. The molecule has 46 heavy (non-hydrogen) atoms. The summed E-state index contributed by atoms with van der Waals surface area (Å²) in [7, 11) is 1.54. The van der Waals surface area contributed by atoms with Crippen molar-refractivity contribution >= 4 is 28.6 Å². The minimum absolute atomic E-state index is 0.163. The van der Waals surface area contributed by atoms with Crippen LogP contribution in [-0.2, 0) is 25.4 Å². The van der Waals surface area contributed by atoms with Crippen LogP contribution in [0, 0.1) is 11.8 Å². The molecule has 1 N–H and O–H groups in total. The quantitative estimate of drug-likeness (QED) is 0.221. The van der Waals surface area contributed by atoms with Gasteiger partial charge in [-0.05, 0) is 55.0 Å². The Morgan fingerprint density at radius 2 is 1.96 bits per heavy atom. The standard InChI is InChI=1S/C34H33ClN6O5/c1-4-40-18-36-13-21(40)14-41-25-10-19(33(42)43)11-27(44-3)31(25)38-29(41)17-39-15-23-24(16-39)30(23)22-6-5-7-26-32(22)46-34(2,45-26)28-9-8-20(35)12-37-28/h5-13,18,23-24,30H,4,14-17H2,1-3H3,(H,42,43)/t23-,24+,30?,34-/m1/s1. The summed E-state index contributed by atoms with van der Waals surface area (Å²) in [5.74, 6) is 2.16. The Labute approximate surface area is 270 Å². The van der Waals surface area contributed by atoms with E-state index in [0.717, 1.165) is 48.2 Å². The third kappa shape index (κ3) is 4.68. The number of halogens is 1. The molecular formula is C34H33ClN6O5. The van der Waals surface area contributed by atoms with Crippen LogP contribution in [0.15, 0.2) is 61.2 Å². The van der Waals surface area contributed by atoms with Crippen LogP contribution in [0.25, 0.3) is 11.0 Å². The predicted octanol–water partition coefficient (Wildman–Crippen LogP) is 5.55. The average Bonchev–Trinajstić information content (AvgIpc) is 3.53. The molecular weight excluding hydrogens is 608 g/mol. The smallest absolute Gasteiger partial charge is 0.335 e. The van der Waals surface area contributed by atoms with Gasteiger partial charge in [-0.1, -0.05) is 23.7 Å². The first-order valence-corrected chi connectivity index (χ1v) is 15.8. The van der Waals surface area contributed by atoms with Crippen LogP contribution in [0.2, 0.25) is 5.02 Å². The van der Waals surface area contributed by atoms with Crippen molar-refractivity contribution in [2.45, 2.75) is 45.2 Å². The number of likely N-dealkylation sites (tertiary alicyclic amines) is 1. The summed E-state index contributed by atoms with van der Waals surface area (Å²) in [6.07, 6.45) is 5.27. The number of ether oxygens (including phenoxy) is 3. The van der Waals surface area contributed by atoms with Crippen molar-refractivity contribution in [1.29, 1.82) is 0 Å². The Bertz CT molecular complexity index is 1980. The summed E-state index contributed by atoms with van der Waals surface area (Å²) in [4.78, 5) is 28.2. The summed E-state index contributed by atoms with van der Waals surface area (Å²) in [6.45, 7) is 7.73. The monoisotopic (exact) mass is 640 g/mol. The number of nitrogens with zero attached hydrogens (tertiary/aromatic N) is 6. The van der Waals surface area contributed by atoms with Gasteiger partial charge in [-0.25, -0.2) is 14.8 Å². The van der Waals surface area contributed by atoms with E-state index < -0.39 is 11.8 Å². The summed E-state index contributed by atoms with van der Waals surface area (Å²) < 4.78 is 22.6. The Hall–Kier alpha value is -4.61. The summed E-state index contributed by atoms with van der Waals surface area (Å²) in [5.41, 5.74) is 4.41. The lowest BCUT2D eigenvalue weighted by Crippen LogP contribution is -2.32. The Balaban J connectivity index is 1.05. The molecule has 12 heteroatoms. The number of methoxy groups -OCH3 is 1. The fourth-order valence-corrected chi connectivity index (χ4v) is 7.42. The Morgan fingerprint density at radius 3 is 2.67 bits per heavy atom. The van der Waals surface area contributed by atoms with Gasteiger partial charge in [0.25, 0.3) is 5.79 Å². The van der Waals surface area contributed by atoms with Crippen molar-refractivity contribution in [2.24, 2.45) is 11.8 Å². The zero-order valence-corrected chi connectivity index (χ0v) is 26.4. The number of pyridine rings is 1. The number of piperidine rings is 1. The lowest BCUT2D eigenvalue weighted by atomic mass is 10.0. The van der Waals surface area contributed by atoms with Crippen LogP contribution in [-0.4, -0.2) is 60.3 Å². The van der Waals surface area contributed by atoms with Crippen LogP contribution in [0.4, 0.5) is 0 Å². The summed E-state index contributed by atoms with van der Waals surface area (Å²) >= 11 is 6.07. The molecule has 1 unspecified atom stereocenters. The van der Waals surface area contributed by atoms with E-state index in [1.165, 1.54) is 11.6 Å². The molecule has 0 radical (unpaired) electrons. The van der Waals surface area contributed by atoms with Crippen LogP contribution in [0.5, 0.6) is 17.2 Å². The molecule has 236 valence electrons. The van der Waals surface area contributed by atoms with Gasteiger partial charge in [0.2, 0.25) is 0 Å². The number of carboxylic acids is 1. The van der Waals surface area contributed by atoms with Crippen molar-refractivity contribution in [2.75, 3.05) is 20.2 Å². The molecule has 5 heterocycles. The fraction of sp³-hybridized carbons (Fsp3) is 0.353. The third-order valence-corrected chi connectivity index (χ3v) is 9.85. The van der Waals surface area contributed by atoms with E-state index in [9.17, 15) is 9.90 Å². The molecule has 0 spiro atoms. The van der Waals surface area contributed by atoms with Gasteiger partial charge in [-0.15, -0.1) is 0 Å². The van der Waals surface area contributed by atoms with Crippen molar-refractivity contribution in [3.63, 3.8) is 0 Å². The minimum Gasteiger partial charge on any atom is -0.494 e. The highest BCUT2D eigenvalue weighted by Crippen LogP contribution is 2.62. The molecule has 3 aliphatic rings. The first-order chi connectivity index (χ1) is 22.3. The lowest BCUT2D eigenvalue weighted by Gasteiger charge is -2.23. The Morgan fingerprint density at radius 1 is 1.13 bits per heavy atom. The van der Waals surface area contributed by atoms with Gasteiger partial charge in [-0.3, -0.25) is 9.88 Å². The molecule has 0 amide bonds. The summed E-state index contributed by atoms with van der Waals surface area (Å²) in [5, 5.41) is 10.4. The number of rotatable bonds is 9. The van der Waals surface area contributed by atoms with Crippen LogP contribution >= 0.6 is 11.6 Å². The van der Waals surface area contributed by atoms with E-state index in [4.69, 9.17) is 30.8 Å². The van der Waals surface area contributed by atoms with Gasteiger partial charge in [-0.2, -0.15) is 0 Å². The number of carboxylic acid groups (broad SMARTS) is 1. The van der Waals surface area contributed by atoms with Crippen molar-refractivity contribution < 1.29 is 24.1 Å². The summed E-state index contributed by atoms with van der Waals surface area (Å²) in [6, 6.07) is 13.0. The lowest BCUT2D eigenvalue weighted by molar-refractivity contribution is -0.0721. The van der Waals surface area contributed by atoms with E-state index in [1.54, 1.807) is 25.4 Å². The van der Waals surface area contributed by atoms with Gasteiger partial charge in [0, 0.05) is 44.5 Å². The van der Waals surface area contributed by atoms with Gasteiger partial charge in [0.15, 0.2) is 11.5 Å². The van der Waals surface area contributed by atoms with E-state index >= 15 is 0 Å². The van der Waals surface area contributed by atoms with E-state index in [1.807, 2.05) is 37.6 Å². The number of aryl methyl sites for hydroxylation is 1. The van der Waals surface area contributed by atoms with Crippen molar-refractivity contribution in [3.05, 3.63) is 94.5 Å². The first kappa shape index (κ1) is 28.8. The normalized spacial score (nSPS) is 23.2. The number of fused-ring (bicyclic) bond motifs is 3. The number of hydrogen-bond acceptors (Lipinski definition) is 8. The zero-order chi connectivity index (χ0) is 31.7. The number of para-hydroxylation sites is 1. The maximum Gasteiger partial charge on any atom is 0.335 e. The molecule has 0 bridgehead atoms. The molecule has 3 aromatic heterocycles. The fourth-order valence-electron chi connectivity index (χ4n) is 7.31. The second-order valence-corrected chi connectivity index (χ2v) is 12.8. The second kappa shape index (κ2) is 10.7. The number of benzene rings is 2. The molecule has 1 saturated heterocycles. The molecule has 2 aliphatic heterocycles. The molecule has 8 rings (SSSR count). The van der Waals surface area contributed by atoms with Gasteiger partial charge >= 0.3 is 5.97 Å². The number of aromatic carboxylic acids is 1. The molecule has 1 aliphatic carbocycles. The van der Waals surface area contributed by atoms with Crippen molar-refractivity contribution in [3.8, 4) is 17.2 Å². The highest BCUT2D eigenvalue weighted by Gasteiger charge is 2.58. The molecule has 5 aromatic rings. The number of imidazole rings is 2. The largest absolute Gasteiger partial charge is 0.494 e. The molecule has 2 aromatic carbocycles. The minimum atomic E-state index is -1.02. The van der Waals surface area contributed by atoms with E-state index in [0.29, 0.717) is 52.8 Å². The average molecular weight is 641 g/mol. The highest BCUT2D eigenvalue weighted by atomic mass is 35.5. The topological polar surface area (TPSA) is 117 Å². The SMILES string of the molecule is CCn1cncc1Cn1c(CN2C[C@@H]3C(c4cccc5c4O[C@](C)(c4ccc(Cl)cn4)O5)[C@@H]3C2)nc2c(OC)cc(C(=O)O)cc21. The van der Waals surface area contributed by atoms with E-state index in [2.05, 4.69) is 37.0 Å². The van der Waals surface area contributed by atoms with Crippen LogP contribution < -0.4 is 14.2 Å². The second-order valence-electron chi connectivity index (χ2n) is 12.4. The molecule has 1 saturated carbocycles. The predicted molar refractivity (Wildman–Crippen MR) is 170 cm³/mol. The first-order valence-electron chi connectivity index (χ1n) is 15.4. The molecule has 2 fully saturated rings. The van der Waals surface area contributed by atoms with Gasteiger partial charge in [0.1, 0.15) is 22.8 Å². The molecule has 4 atom stereocenters. The Kier molecular flexibility index (Phi) is 6.73. The maximum atomic E-state index is 12.0. The van der Waals surface area contributed by atoms with Gasteiger partial charge in [0.05, 0.1) is 48.3 Å². The van der Waals surface area contributed by atoms with E-state index in [-0.39, 0.29) is 5.56 Å². The third-order valence-electron chi connectivity index (χ3n) is 9.62. The van der Waals surface area contributed by atoms with Crippen molar-refractivity contribution in [1.82, 2.24) is 29.0 Å². The zero-order valence-electron chi connectivity index (χ0n) is 25.7. The molecule has 11 nitrogen and oxygen atoms in total.